The number of guanidine groups is 1. The van der Waals surface area contributed by atoms with Crippen molar-refractivity contribution in [3.63, 3.8) is 0 Å². The molecule has 0 saturated carbocycles. The third-order valence-corrected chi connectivity index (χ3v) is 3.46. The van der Waals surface area contributed by atoms with E-state index in [9.17, 15) is 0 Å². The van der Waals surface area contributed by atoms with E-state index in [4.69, 9.17) is 9.15 Å². The van der Waals surface area contributed by atoms with E-state index in [1.807, 2.05) is 12.1 Å². The van der Waals surface area contributed by atoms with Gasteiger partial charge >= 0.3 is 0 Å². The zero-order chi connectivity index (χ0) is 15.1. The minimum absolute atomic E-state index is 0. The van der Waals surface area contributed by atoms with Crippen LogP contribution in [0.1, 0.15) is 39.4 Å². The fourth-order valence-electron chi connectivity index (χ4n) is 2.46. The smallest absolute Gasteiger partial charge is 0.191 e. The Bertz CT molecular complexity index is 435. The Hall–Kier alpha value is -0.760. The average Bonchev–Trinajstić information content (AvgIpc) is 2.91. The van der Waals surface area contributed by atoms with Gasteiger partial charge in [-0.05, 0) is 45.7 Å². The number of hydrogen-bond acceptors (Lipinski definition) is 3. The van der Waals surface area contributed by atoms with E-state index < -0.39 is 0 Å². The summed E-state index contributed by atoms with van der Waals surface area (Å²) < 4.78 is 10.9. The van der Waals surface area contributed by atoms with Crippen LogP contribution in [0.4, 0.5) is 0 Å². The van der Waals surface area contributed by atoms with Crippen molar-refractivity contribution in [3.05, 3.63) is 24.2 Å². The van der Waals surface area contributed by atoms with E-state index in [2.05, 4.69) is 36.4 Å². The average molecular weight is 421 g/mol. The number of aliphatic imine (C=N–C) groups is 1. The summed E-state index contributed by atoms with van der Waals surface area (Å²) >= 11 is 0. The van der Waals surface area contributed by atoms with Gasteiger partial charge in [0.15, 0.2) is 5.96 Å². The third kappa shape index (κ3) is 7.00. The Kier molecular flexibility index (Phi) is 8.85. The van der Waals surface area contributed by atoms with Gasteiger partial charge in [0.25, 0.3) is 0 Å². The molecule has 1 aliphatic heterocycles. The minimum atomic E-state index is 0. The zero-order valence-electron chi connectivity index (χ0n) is 13.7. The topological polar surface area (TPSA) is 58.8 Å². The van der Waals surface area contributed by atoms with Crippen molar-refractivity contribution in [1.29, 1.82) is 0 Å². The zero-order valence-corrected chi connectivity index (χ0v) is 16.0. The Morgan fingerprint density at radius 2 is 2.27 bits per heavy atom. The molecule has 0 spiro atoms. The maximum atomic E-state index is 5.59. The normalized spacial score (nSPS) is 22.3. The van der Waals surface area contributed by atoms with E-state index in [0.29, 0.717) is 24.7 Å². The van der Waals surface area contributed by atoms with Crippen LogP contribution in [-0.4, -0.2) is 37.3 Å². The molecule has 0 bridgehead atoms. The first-order valence-electron chi connectivity index (χ1n) is 7.85. The summed E-state index contributed by atoms with van der Waals surface area (Å²) in [6.07, 6.45) is 4.90. The maximum absolute atomic E-state index is 5.59. The molecule has 1 fully saturated rings. The molecule has 5 nitrogen and oxygen atoms in total. The van der Waals surface area contributed by atoms with Crippen LogP contribution in [0.3, 0.4) is 0 Å². The molecule has 0 radical (unpaired) electrons. The molecule has 6 heteroatoms. The van der Waals surface area contributed by atoms with Crippen LogP contribution in [-0.2, 0) is 11.2 Å². The number of rotatable bonds is 5. The molecule has 22 heavy (non-hydrogen) atoms. The summed E-state index contributed by atoms with van der Waals surface area (Å²) in [7, 11) is 0. The van der Waals surface area contributed by atoms with Gasteiger partial charge < -0.3 is 19.8 Å². The predicted molar refractivity (Wildman–Crippen MR) is 100.0 cm³/mol. The number of furan rings is 1. The summed E-state index contributed by atoms with van der Waals surface area (Å²) in [5, 5.41) is 6.92. The summed E-state index contributed by atoms with van der Waals surface area (Å²) in [6.45, 7) is 7.90. The molecule has 2 rings (SSSR count). The predicted octanol–water partition coefficient (Wildman–Crippen LogP) is 2.95. The highest BCUT2D eigenvalue weighted by molar-refractivity contribution is 14.0. The Balaban J connectivity index is 0.00000242. The molecule has 0 aromatic carbocycles. The van der Waals surface area contributed by atoms with Crippen molar-refractivity contribution in [2.75, 3.05) is 13.2 Å². The van der Waals surface area contributed by atoms with Gasteiger partial charge in [-0.2, -0.15) is 0 Å². The fraction of sp³-hybridized carbons (Fsp3) is 0.688. The lowest BCUT2D eigenvalue weighted by molar-refractivity contribution is 0.0165. The number of hydrogen-bond donors (Lipinski definition) is 2. The number of nitrogens with one attached hydrogen (secondary N) is 2. The second-order valence-electron chi connectivity index (χ2n) is 5.91. The van der Waals surface area contributed by atoms with E-state index in [0.717, 1.165) is 37.6 Å². The molecule has 2 unspecified atom stereocenters. The molecular weight excluding hydrogens is 393 g/mol. The SMILES string of the molecule is CC(C)NC(=NCCc1ccco1)NC1CCOC(C)C1.I. The van der Waals surface area contributed by atoms with Gasteiger partial charge in [0.05, 0.1) is 12.4 Å². The quantitative estimate of drug-likeness (QED) is 0.436. The molecule has 1 aromatic heterocycles. The minimum Gasteiger partial charge on any atom is -0.469 e. The molecule has 2 N–H and O–H groups in total. The molecule has 0 aliphatic carbocycles. The molecular formula is C16H28IN3O2. The van der Waals surface area contributed by atoms with E-state index in [-0.39, 0.29) is 24.0 Å². The highest BCUT2D eigenvalue weighted by Crippen LogP contribution is 2.13. The van der Waals surface area contributed by atoms with Crippen molar-refractivity contribution in [2.24, 2.45) is 4.99 Å². The summed E-state index contributed by atoms with van der Waals surface area (Å²) in [5.41, 5.74) is 0. The van der Waals surface area contributed by atoms with Gasteiger partial charge in [0, 0.05) is 31.7 Å². The van der Waals surface area contributed by atoms with Crippen molar-refractivity contribution in [3.8, 4) is 0 Å². The van der Waals surface area contributed by atoms with Crippen LogP contribution in [0.5, 0.6) is 0 Å². The van der Waals surface area contributed by atoms with E-state index >= 15 is 0 Å². The van der Waals surface area contributed by atoms with Gasteiger partial charge in [-0.25, -0.2) is 0 Å². The lowest BCUT2D eigenvalue weighted by Crippen LogP contribution is -2.48. The van der Waals surface area contributed by atoms with Crippen LogP contribution in [0.15, 0.2) is 27.8 Å². The van der Waals surface area contributed by atoms with Gasteiger partial charge in [-0.1, -0.05) is 0 Å². The van der Waals surface area contributed by atoms with Gasteiger partial charge in [0.2, 0.25) is 0 Å². The lowest BCUT2D eigenvalue weighted by atomic mass is 10.0. The first-order valence-corrected chi connectivity index (χ1v) is 7.85. The molecule has 126 valence electrons. The van der Waals surface area contributed by atoms with Crippen molar-refractivity contribution in [2.45, 2.75) is 58.2 Å². The lowest BCUT2D eigenvalue weighted by Gasteiger charge is -2.29. The van der Waals surface area contributed by atoms with Crippen LogP contribution in [0, 0.1) is 0 Å². The standard InChI is InChI=1S/C16H27N3O2.HI/c1-12(2)18-16(17-8-6-15-5-4-9-21-15)19-14-7-10-20-13(3)11-14;/h4-5,9,12-14H,6-8,10-11H2,1-3H3,(H2,17,18,19);1H. The monoisotopic (exact) mass is 421 g/mol. The first-order chi connectivity index (χ1) is 10.1. The summed E-state index contributed by atoms with van der Waals surface area (Å²) in [5.74, 6) is 1.86. The summed E-state index contributed by atoms with van der Waals surface area (Å²) in [4.78, 5) is 4.65. The largest absolute Gasteiger partial charge is 0.469 e. The number of halogens is 1. The fourth-order valence-corrected chi connectivity index (χ4v) is 2.46. The number of nitrogens with zero attached hydrogens (tertiary/aromatic N) is 1. The maximum Gasteiger partial charge on any atom is 0.191 e. The highest BCUT2D eigenvalue weighted by atomic mass is 127. The van der Waals surface area contributed by atoms with Crippen molar-refractivity contribution in [1.82, 2.24) is 10.6 Å². The molecule has 1 saturated heterocycles. The van der Waals surface area contributed by atoms with Gasteiger partial charge in [0.1, 0.15) is 5.76 Å². The Labute approximate surface area is 150 Å². The second-order valence-corrected chi connectivity index (χ2v) is 5.91. The van der Waals surface area contributed by atoms with Crippen LogP contribution in [0.2, 0.25) is 0 Å². The molecule has 1 aliphatic rings. The molecule has 0 amide bonds. The van der Waals surface area contributed by atoms with Crippen LogP contribution >= 0.6 is 24.0 Å². The Morgan fingerprint density at radius 3 is 2.91 bits per heavy atom. The molecule has 2 heterocycles. The summed E-state index contributed by atoms with van der Waals surface area (Å²) in [6, 6.07) is 4.69. The molecule has 2 atom stereocenters. The first kappa shape index (κ1) is 19.3. The highest BCUT2D eigenvalue weighted by Gasteiger charge is 2.20. The van der Waals surface area contributed by atoms with Gasteiger partial charge in [-0.3, -0.25) is 4.99 Å². The van der Waals surface area contributed by atoms with E-state index in [1.165, 1.54) is 0 Å². The van der Waals surface area contributed by atoms with E-state index in [1.54, 1.807) is 6.26 Å². The second kappa shape index (κ2) is 10.1. The van der Waals surface area contributed by atoms with Crippen LogP contribution in [0.25, 0.3) is 0 Å². The van der Waals surface area contributed by atoms with Crippen molar-refractivity contribution < 1.29 is 9.15 Å². The van der Waals surface area contributed by atoms with Crippen LogP contribution < -0.4 is 10.6 Å². The van der Waals surface area contributed by atoms with Gasteiger partial charge in [-0.15, -0.1) is 24.0 Å². The third-order valence-electron chi connectivity index (χ3n) is 3.46. The molecule has 1 aromatic rings. The Morgan fingerprint density at radius 1 is 1.45 bits per heavy atom. The van der Waals surface area contributed by atoms with Crippen molar-refractivity contribution >= 4 is 29.9 Å². The number of ether oxygens (including phenoxy) is 1.